The van der Waals surface area contributed by atoms with Gasteiger partial charge in [-0.15, -0.1) is 0 Å². The Bertz CT molecular complexity index is 641. The Morgan fingerprint density at radius 3 is 2.75 bits per heavy atom. The number of nitrogens with one attached hydrogen (secondary N) is 1. The summed E-state index contributed by atoms with van der Waals surface area (Å²) in [6, 6.07) is 8.85. The average Bonchev–Trinajstić information content (AvgIpc) is 2.44. The minimum absolute atomic E-state index is 0.0999. The van der Waals surface area contributed by atoms with Gasteiger partial charge in [-0.05, 0) is 30.3 Å². The molecular formula is C14H12ClFN2O2. The monoisotopic (exact) mass is 294 g/mol. The van der Waals surface area contributed by atoms with E-state index in [1.165, 1.54) is 37.4 Å². The molecule has 0 amide bonds. The van der Waals surface area contributed by atoms with E-state index in [-0.39, 0.29) is 10.7 Å². The molecule has 0 saturated heterocycles. The van der Waals surface area contributed by atoms with Gasteiger partial charge in [0, 0.05) is 0 Å². The van der Waals surface area contributed by atoms with Crippen molar-refractivity contribution in [1.29, 1.82) is 0 Å². The van der Waals surface area contributed by atoms with Crippen LogP contribution in [0.4, 0.5) is 21.5 Å². The summed E-state index contributed by atoms with van der Waals surface area (Å²) in [7, 11) is 1.28. The third kappa shape index (κ3) is 2.83. The molecule has 0 aromatic heterocycles. The molecule has 0 bridgehead atoms. The number of methoxy groups -OCH3 is 1. The number of carbonyl (C=O) groups excluding carboxylic acids is 1. The van der Waals surface area contributed by atoms with Gasteiger partial charge in [0.1, 0.15) is 5.82 Å². The van der Waals surface area contributed by atoms with E-state index in [0.29, 0.717) is 16.9 Å². The first-order valence-electron chi connectivity index (χ1n) is 5.72. The van der Waals surface area contributed by atoms with Crippen molar-refractivity contribution in [3.05, 3.63) is 52.8 Å². The van der Waals surface area contributed by atoms with Crippen LogP contribution in [0.25, 0.3) is 0 Å². The second-order valence-corrected chi connectivity index (χ2v) is 4.42. The van der Waals surface area contributed by atoms with Crippen LogP contribution in [-0.2, 0) is 4.74 Å². The third-order valence-electron chi connectivity index (χ3n) is 2.70. The highest BCUT2D eigenvalue weighted by molar-refractivity contribution is 6.33. The lowest BCUT2D eigenvalue weighted by Gasteiger charge is -2.12. The molecule has 0 aliphatic rings. The quantitative estimate of drug-likeness (QED) is 0.671. The summed E-state index contributed by atoms with van der Waals surface area (Å²) in [4.78, 5) is 11.5. The standard InChI is InChI=1S/C14H12ClFN2O2/c1-20-14(19)8-5-6-11(17)12(7-8)18-13-9(15)3-2-4-10(13)16/h2-7,18H,17H2,1H3. The lowest BCUT2D eigenvalue weighted by atomic mass is 10.1. The molecule has 104 valence electrons. The molecule has 6 heteroatoms. The zero-order valence-corrected chi connectivity index (χ0v) is 11.4. The highest BCUT2D eigenvalue weighted by Crippen LogP contribution is 2.31. The Balaban J connectivity index is 2.40. The Hall–Kier alpha value is -2.27. The van der Waals surface area contributed by atoms with Crippen LogP contribution in [-0.4, -0.2) is 13.1 Å². The second kappa shape index (κ2) is 5.79. The zero-order chi connectivity index (χ0) is 14.7. The van der Waals surface area contributed by atoms with Gasteiger partial charge in [-0.1, -0.05) is 17.7 Å². The predicted molar refractivity (Wildman–Crippen MR) is 76.9 cm³/mol. The molecule has 0 aliphatic heterocycles. The van der Waals surface area contributed by atoms with Crippen molar-refractivity contribution >= 4 is 34.6 Å². The summed E-state index contributed by atoms with van der Waals surface area (Å²) in [5, 5.41) is 3.00. The number of carbonyl (C=O) groups is 1. The van der Waals surface area contributed by atoms with Gasteiger partial charge in [0.05, 0.1) is 34.8 Å². The van der Waals surface area contributed by atoms with Crippen molar-refractivity contribution in [2.24, 2.45) is 0 Å². The molecule has 0 fully saturated rings. The number of hydrogen-bond acceptors (Lipinski definition) is 4. The summed E-state index contributed by atoms with van der Waals surface area (Å²) in [5.41, 5.74) is 6.93. The van der Waals surface area contributed by atoms with Crippen molar-refractivity contribution < 1.29 is 13.9 Å². The maximum Gasteiger partial charge on any atom is 0.337 e. The predicted octanol–water partition coefficient (Wildman–Crippen LogP) is 3.59. The van der Waals surface area contributed by atoms with E-state index >= 15 is 0 Å². The smallest absolute Gasteiger partial charge is 0.337 e. The number of hydrogen-bond donors (Lipinski definition) is 2. The topological polar surface area (TPSA) is 64.3 Å². The average molecular weight is 295 g/mol. The van der Waals surface area contributed by atoms with Gasteiger partial charge in [-0.2, -0.15) is 0 Å². The van der Waals surface area contributed by atoms with Crippen LogP contribution < -0.4 is 11.1 Å². The molecule has 2 aromatic rings. The van der Waals surface area contributed by atoms with E-state index in [2.05, 4.69) is 10.1 Å². The lowest BCUT2D eigenvalue weighted by Crippen LogP contribution is -2.04. The van der Waals surface area contributed by atoms with Crippen molar-refractivity contribution in [2.45, 2.75) is 0 Å². The number of esters is 1. The first-order chi connectivity index (χ1) is 9.52. The molecule has 4 nitrogen and oxygen atoms in total. The van der Waals surface area contributed by atoms with Gasteiger partial charge in [0.2, 0.25) is 0 Å². The maximum atomic E-state index is 13.7. The van der Waals surface area contributed by atoms with Crippen LogP contribution in [0.3, 0.4) is 0 Å². The normalized spacial score (nSPS) is 10.2. The van der Waals surface area contributed by atoms with Crippen molar-refractivity contribution in [2.75, 3.05) is 18.2 Å². The first-order valence-corrected chi connectivity index (χ1v) is 6.09. The molecule has 2 aromatic carbocycles. The van der Waals surface area contributed by atoms with Crippen LogP contribution in [0.1, 0.15) is 10.4 Å². The number of nitrogens with two attached hydrogens (primary N) is 1. The van der Waals surface area contributed by atoms with Gasteiger partial charge >= 0.3 is 5.97 Å². The highest BCUT2D eigenvalue weighted by Gasteiger charge is 2.12. The van der Waals surface area contributed by atoms with Gasteiger partial charge in [-0.3, -0.25) is 0 Å². The van der Waals surface area contributed by atoms with E-state index in [1.54, 1.807) is 6.07 Å². The number of ether oxygens (including phenoxy) is 1. The van der Waals surface area contributed by atoms with Crippen LogP contribution >= 0.6 is 11.6 Å². The molecule has 0 heterocycles. The van der Waals surface area contributed by atoms with Crippen molar-refractivity contribution in [3.63, 3.8) is 0 Å². The summed E-state index contributed by atoms with van der Waals surface area (Å²) >= 11 is 5.93. The van der Waals surface area contributed by atoms with Crippen LogP contribution in [0.2, 0.25) is 5.02 Å². The largest absolute Gasteiger partial charge is 0.465 e. The molecule has 2 rings (SSSR count). The van der Waals surface area contributed by atoms with E-state index < -0.39 is 11.8 Å². The molecule has 0 atom stereocenters. The first kappa shape index (κ1) is 14.1. The number of benzene rings is 2. The SMILES string of the molecule is COC(=O)c1ccc(N)c(Nc2c(F)cccc2Cl)c1. The molecule has 0 saturated carbocycles. The minimum Gasteiger partial charge on any atom is -0.465 e. The second-order valence-electron chi connectivity index (χ2n) is 4.02. The number of rotatable bonds is 3. The van der Waals surface area contributed by atoms with Gasteiger partial charge in [-0.25, -0.2) is 9.18 Å². The number of nitrogen functional groups attached to an aromatic ring is 1. The number of halogens is 2. The molecule has 0 aliphatic carbocycles. The van der Waals surface area contributed by atoms with Gasteiger partial charge in [0.15, 0.2) is 0 Å². The Morgan fingerprint density at radius 2 is 2.10 bits per heavy atom. The Labute approximate surface area is 120 Å². The zero-order valence-electron chi connectivity index (χ0n) is 10.6. The summed E-state index contributed by atoms with van der Waals surface area (Å²) in [6.07, 6.45) is 0. The minimum atomic E-state index is -0.514. The Kier molecular flexibility index (Phi) is 4.10. The van der Waals surface area contributed by atoms with Crippen LogP contribution in [0, 0.1) is 5.82 Å². The third-order valence-corrected chi connectivity index (χ3v) is 3.01. The highest BCUT2D eigenvalue weighted by atomic mass is 35.5. The van der Waals surface area contributed by atoms with Gasteiger partial charge in [0.25, 0.3) is 0 Å². The molecule has 0 radical (unpaired) electrons. The molecular weight excluding hydrogens is 283 g/mol. The van der Waals surface area contributed by atoms with Gasteiger partial charge < -0.3 is 15.8 Å². The fraction of sp³-hybridized carbons (Fsp3) is 0.0714. The summed E-state index contributed by atoms with van der Waals surface area (Å²) < 4.78 is 18.3. The molecule has 20 heavy (non-hydrogen) atoms. The summed E-state index contributed by atoms with van der Waals surface area (Å²) in [5.74, 6) is -1.02. The van der Waals surface area contributed by atoms with Crippen LogP contribution in [0.15, 0.2) is 36.4 Å². The number of anilines is 3. The van der Waals surface area contributed by atoms with Crippen molar-refractivity contribution in [3.8, 4) is 0 Å². The maximum absolute atomic E-state index is 13.7. The number of para-hydroxylation sites is 1. The van der Waals surface area contributed by atoms with E-state index in [0.717, 1.165) is 0 Å². The Morgan fingerprint density at radius 1 is 1.35 bits per heavy atom. The molecule has 3 N–H and O–H groups in total. The molecule has 0 spiro atoms. The summed E-state index contributed by atoms with van der Waals surface area (Å²) in [6.45, 7) is 0. The van der Waals surface area contributed by atoms with E-state index in [1.807, 2.05) is 0 Å². The van der Waals surface area contributed by atoms with E-state index in [4.69, 9.17) is 17.3 Å². The van der Waals surface area contributed by atoms with Crippen LogP contribution in [0.5, 0.6) is 0 Å². The fourth-order valence-electron chi connectivity index (χ4n) is 1.66. The van der Waals surface area contributed by atoms with Crippen molar-refractivity contribution in [1.82, 2.24) is 0 Å². The lowest BCUT2D eigenvalue weighted by molar-refractivity contribution is 0.0601. The fourth-order valence-corrected chi connectivity index (χ4v) is 1.87. The van der Waals surface area contributed by atoms with E-state index in [9.17, 15) is 9.18 Å². The molecule has 0 unspecified atom stereocenters.